The van der Waals surface area contributed by atoms with E-state index in [2.05, 4.69) is 33.7 Å². The van der Waals surface area contributed by atoms with Gasteiger partial charge in [0.25, 0.3) is 5.91 Å². The minimum atomic E-state index is -0.759. The number of piperidine rings is 1. The molecule has 3 aromatic carbocycles. The molecule has 9 rings (SSSR count). The van der Waals surface area contributed by atoms with Crippen LogP contribution in [0.15, 0.2) is 36.4 Å². The molecule has 1 saturated heterocycles. The number of amides is 1. The summed E-state index contributed by atoms with van der Waals surface area (Å²) >= 11 is 0. The summed E-state index contributed by atoms with van der Waals surface area (Å²) in [5.41, 5.74) is 10.8. The Hall–Kier alpha value is -4.13. The predicted molar refractivity (Wildman–Crippen MR) is 173 cm³/mol. The molecule has 0 aromatic heterocycles. The van der Waals surface area contributed by atoms with Crippen molar-refractivity contribution in [1.82, 2.24) is 9.48 Å². The van der Waals surface area contributed by atoms with E-state index in [0.29, 0.717) is 31.5 Å². The number of rotatable bonds is 3. The smallest absolute Gasteiger partial charge is 0.306 e. The van der Waals surface area contributed by atoms with Crippen molar-refractivity contribution in [2.75, 3.05) is 44.2 Å². The van der Waals surface area contributed by atoms with E-state index in [9.17, 15) is 14.7 Å². The van der Waals surface area contributed by atoms with Gasteiger partial charge in [-0.1, -0.05) is 18.2 Å². The largest absolute Gasteiger partial charge is 0.481 e. The first-order valence-corrected chi connectivity index (χ1v) is 17.1. The lowest BCUT2D eigenvalue weighted by Crippen LogP contribution is -2.45. The first-order valence-electron chi connectivity index (χ1n) is 17.1. The van der Waals surface area contributed by atoms with Gasteiger partial charge < -0.3 is 19.6 Å². The topological polar surface area (TPSA) is 73.1 Å². The highest BCUT2D eigenvalue weighted by molar-refractivity contribution is 6.02. The summed E-state index contributed by atoms with van der Waals surface area (Å²) in [5.74, 6) is 0.851. The minimum absolute atomic E-state index is 0.00696. The Labute approximate surface area is 263 Å². The molecule has 6 heterocycles. The molecule has 3 aromatic rings. The van der Waals surface area contributed by atoms with Crippen LogP contribution in [0.2, 0.25) is 0 Å². The van der Waals surface area contributed by atoms with E-state index in [1.54, 1.807) is 0 Å². The number of hydrogen-bond acceptors (Lipinski definition) is 4. The zero-order valence-corrected chi connectivity index (χ0v) is 25.9. The third-order valence-corrected chi connectivity index (χ3v) is 11.2. The van der Waals surface area contributed by atoms with Crippen LogP contribution in [0, 0.1) is 5.92 Å². The van der Waals surface area contributed by atoms with E-state index in [0.717, 1.165) is 111 Å². The molecule has 1 amide bonds. The number of likely N-dealkylation sites (tertiary alicyclic amines) is 1. The van der Waals surface area contributed by atoms with Crippen LogP contribution in [0.5, 0.6) is 11.5 Å². The molecule has 0 aliphatic carbocycles. The molecule has 6 aliphatic rings. The van der Waals surface area contributed by atoms with Gasteiger partial charge in [0.2, 0.25) is 5.36 Å². The van der Waals surface area contributed by atoms with Gasteiger partial charge in [-0.3, -0.25) is 9.59 Å². The van der Waals surface area contributed by atoms with Gasteiger partial charge in [-0.15, -0.1) is 0 Å². The lowest BCUT2D eigenvalue weighted by Gasteiger charge is -2.39. The van der Waals surface area contributed by atoms with Gasteiger partial charge in [0, 0.05) is 77.8 Å². The van der Waals surface area contributed by atoms with Crippen molar-refractivity contribution in [1.29, 1.82) is 0 Å². The second kappa shape index (κ2) is 10.5. The zero-order chi connectivity index (χ0) is 30.2. The lowest BCUT2D eigenvalue weighted by atomic mass is 9.81. The number of aryl methyl sites for hydroxylation is 2. The van der Waals surface area contributed by atoms with Crippen LogP contribution in [0.1, 0.15) is 82.3 Å². The van der Waals surface area contributed by atoms with Crippen LogP contribution in [0.4, 0.5) is 5.69 Å². The monoisotopic (exact) mass is 602 g/mol. The third kappa shape index (κ3) is 4.19. The summed E-state index contributed by atoms with van der Waals surface area (Å²) in [7, 11) is 0. The number of fused-ring (bicyclic) bond motifs is 4. The highest BCUT2D eigenvalue weighted by Gasteiger charge is 2.37. The molecule has 7 heteroatoms. The maximum absolute atomic E-state index is 14.3. The van der Waals surface area contributed by atoms with E-state index in [1.807, 2.05) is 17.0 Å². The summed E-state index contributed by atoms with van der Waals surface area (Å²) in [6.07, 6.45) is 9.72. The van der Waals surface area contributed by atoms with Crippen LogP contribution in [0.3, 0.4) is 0 Å². The van der Waals surface area contributed by atoms with Crippen LogP contribution in [-0.4, -0.2) is 61.2 Å². The Balaban J connectivity index is 1.30. The molecular weight excluding hydrogens is 562 g/mol. The summed E-state index contributed by atoms with van der Waals surface area (Å²) in [6, 6.07) is 12.9. The zero-order valence-electron chi connectivity index (χ0n) is 25.9. The van der Waals surface area contributed by atoms with Crippen LogP contribution in [-0.2, 0) is 30.5 Å². The molecule has 230 valence electrons. The molecule has 0 atom stereocenters. The van der Waals surface area contributed by atoms with Crippen molar-refractivity contribution in [3.8, 4) is 11.5 Å². The number of anilines is 1. The summed E-state index contributed by atoms with van der Waals surface area (Å²) in [6.45, 7) is 5.36. The van der Waals surface area contributed by atoms with Crippen LogP contribution in [0.25, 0.3) is 5.57 Å². The fourth-order valence-corrected chi connectivity index (χ4v) is 9.19. The average Bonchev–Trinajstić information content (AvgIpc) is 3.08. The van der Waals surface area contributed by atoms with Crippen molar-refractivity contribution in [2.45, 2.75) is 64.2 Å². The fourth-order valence-electron chi connectivity index (χ4n) is 9.19. The van der Waals surface area contributed by atoms with Gasteiger partial charge in [0.05, 0.1) is 11.5 Å². The van der Waals surface area contributed by atoms with E-state index in [1.165, 1.54) is 33.3 Å². The normalized spacial score (nSPS) is 20.1. The highest BCUT2D eigenvalue weighted by atomic mass is 16.5. The standard InChI is InChI=1S/C38H39N3O4/c42-37(41-19-13-23(14-20-41)38(43)44)27-10-2-1-9-26(27)32-30-21-24-7-3-15-39-17-5-11-28(33(24)39)35(30)45-36-29-12-6-18-40-16-4-8-25(34(29)40)22-31(32)36/h1-2,9-10,21-23H,3-8,11-20H2/p+1. The molecule has 6 aliphatic heterocycles. The molecule has 0 saturated carbocycles. The number of aliphatic carboxylic acids is 1. The summed E-state index contributed by atoms with van der Waals surface area (Å²) < 4.78 is 9.77. The Morgan fingerprint density at radius 3 is 2.36 bits per heavy atom. The molecule has 0 unspecified atom stereocenters. The van der Waals surface area contributed by atoms with E-state index in [-0.39, 0.29) is 11.8 Å². The Bertz CT molecular complexity index is 1910. The van der Waals surface area contributed by atoms with Gasteiger partial charge in [-0.25, -0.2) is 4.58 Å². The van der Waals surface area contributed by atoms with Crippen molar-refractivity contribution in [3.63, 3.8) is 0 Å². The number of benzene rings is 3. The predicted octanol–water partition coefficient (Wildman–Crippen LogP) is 4.06. The fraction of sp³-hybridized carbons (Fsp3) is 0.447. The number of hydrogen-bond donors (Lipinski definition) is 1. The molecule has 1 fully saturated rings. The van der Waals surface area contributed by atoms with Crippen molar-refractivity contribution < 1.29 is 19.4 Å². The van der Waals surface area contributed by atoms with Gasteiger partial charge in [-0.2, -0.15) is 0 Å². The number of carbonyl (C=O) groups is 2. The maximum Gasteiger partial charge on any atom is 0.306 e. The van der Waals surface area contributed by atoms with Crippen molar-refractivity contribution >= 4 is 23.1 Å². The second-order valence-electron chi connectivity index (χ2n) is 13.8. The first kappa shape index (κ1) is 27.2. The molecule has 1 N–H and O–H groups in total. The average molecular weight is 603 g/mol. The summed E-state index contributed by atoms with van der Waals surface area (Å²) in [5, 5.41) is 12.1. The molecule has 0 bridgehead atoms. The van der Waals surface area contributed by atoms with Gasteiger partial charge >= 0.3 is 5.97 Å². The van der Waals surface area contributed by atoms with E-state index in [4.69, 9.17) is 4.74 Å². The number of nitrogens with zero attached hydrogens (tertiary/aromatic N) is 3. The number of carboxylic acids is 1. The Morgan fingerprint density at radius 1 is 0.800 bits per heavy atom. The SMILES string of the molecule is O=C(O)C1CCN(C(=O)c2ccccc2C2=c3cc4c5c(c3Oc3c2cc2c6c3CCCN6CCC2)CCC[N+]=5CCC4)CC1. The van der Waals surface area contributed by atoms with E-state index < -0.39 is 5.97 Å². The van der Waals surface area contributed by atoms with Gasteiger partial charge in [-0.05, 0) is 80.7 Å². The molecule has 0 spiro atoms. The Kier molecular flexibility index (Phi) is 6.33. The number of carboxylic acid groups (broad SMARTS) is 1. The molecule has 7 nitrogen and oxygen atoms in total. The second-order valence-corrected chi connectivity index (χ2v) is 13.8. The van der Waals surface area contributed by atoms with Crippen molar-refractivity contribution in [2.24, 2.45) is 5.92 Å². The maximum atomic E-state index is 14.3. The minimum Gasteiger partial charge on any atom is -0.481 e. The Morgan fingerprint density at radius 2 is 1.53 bits per heavy atom. The first-order chi connectivity index (χ1) is 22.1. The van der Waals surface area contributed by atoms with Gasteiger partial charge in [0.15, 0.2) is 0 Å². The van der Waals surface area contributed by atoms with Crippen LogP contribution >= 0.6 is 0 Å². The quantitative estimate of drug-likeness (QED) is 0.358. The van der Waals surface area contributed by atoms with E-state index >= 15 is 0 Å². The van der Waals surface area contributed by atoms with Gasteiger partial charge in [0.1, 0.15) is 24.6 Å². The lowest BCUT2D eigenvalue weighted by molar-refractivity contribution is -0.143. The molecular formula is C38H40N3O4+. The molecule has 45 heavy (non-hydrogen) atoms. The van der Waals surface area contributed by atoms with Crippen LogP contribution < -0.4 is 24.8 Å². The third-order valence-electron chi connectivity index (χ3n) is 11.2. The highest BCUT2D eigenvalue weighted by Crippen LogP contribution is 2.48. The number of ether oxygens (including phenoxy) is 1. The molecule has 0 radical (unpaired) electrons. The number of carbonyl (C=O) groups excluding carboxylic acids is 1. The summed E-state index contributed by atoms with van der Waals surface area (Å²) in [4.78, 5) is 30.4. The van der Waals surface area contributed by atoms with Crippen molar-refractivity contribution in [3.05, 3.63) is 85.9 Å².